The predicted octanol–water partition coefficient (Wildman–Crippen LogP) is 1.80. The molecule has 1 radical (unpaired) electrons. The van der Waals surface area contributed by atoms with E-state index in [-0.39, 0.29) is 23.1 Å². The van der Waals surface area contributed by atoms with Crippen molar-refractivity contribution in [1.29, 1.82) is 0 Å². The zero-order valence-corrected chi connectivity index (χ0v) is 7.07. The molecule has 4 nitrogen and oxygen atoms in total. The molecule has 0 aromatic rings. The van der Waals surface area contributed by atoms with Gasteiger partial charge in [0.2, 0.25) is 0 Å². The quantitative estimate of drug-likeness (QED) is 0.393. The summed E-state index contributed by atoms with van der Waals surface area (Å²) in [4.78, 5) is 9.77. The summed E-state index contributed by atoms with van der Waals surface area (Å²) >= 11 is 0. The number of nitrogens with zero attached hydrogens (tertiary/aromatic N) is 2. The second-order valence-electron chi connectivity index (χ2n) is 2.68. The number of hydrogen-bond acceptors (Lipinski definition) is 3. The molecule has 0 atom stereocenters. The Labute approximate surface area is 76.3 Å². The standard InChI is InChI=1S/C6H11N2O2.Cu/c9-7-8(10)6-4-2-1-3-5-6;/h6H,1-5H2;/q-1;+2. The maximum Gasteiger partial charge on any atom is 2.00 e. The van der Waals surface area contributed by atoms with E-state index in [1.807, 2.05) is 0 Å². The Kier molecular flexibility index (Phi) is 5.46. The molecular weight excluding hydrogens is 196 g/mol. The molecule has 11 heavy (non-hydrogen) atoms. The average molecular weight is 207 g/mol. The van der Waals surface area contributed by atoms with Crippen LogP contribution in [0.25, 0.3) is 0 Å². The van der Waals surface area contributed by atoms with Crippen molar-refractivity contribution in [3.63, 3.8) is 0 Å². The van der Waals surface area contributed by atoms with Crippen molar-refractivity contribution in [2.24, 2.45) is 5.29 Å². The molecule has 67 valence electrons. The Morgan fingerprint density at radius 3 is 2.27 bits per heavy atom. The summed E-state index contributed by atoms with van der Waals surface area (Å²) in [5.74, 6) is 0. The van der Waals surface area contributed by atoms with Gasteiger partial charge in [-0.3, -0.25) is 0 Å². The molecule has 1 fully saturated rings. The topological polar surface area (TPSA) is 55.7 Å². The van der Waals surface area contributed by atoms with Crippen LogP contribution >= 0.6 is 0 Å². The van der Waals surface area contributed by atoms with Gasteiger partial charge in [0.15, 0.2) is 0 Å². The molecule has 0 saturated heterocycles. The summed E-state index contributed by atoms with van der Waals surface area (Å²) in [7, 11) is 0. The first-order chi connectivity index (χ1) is 4.84. The van der Waals surface area contributed by atoms with Gasteiger partial charge in [0, 0.05) is 11.3 Å². The molecule has 0 spiro atoms. The molecule has 0 aromatic carbocycles. The molecule has 0 aromatic heterocycles. The van der Waals surface area contributed by atoms with E-state index >= 15 is 0 Å². The van der Waals surface area contributed by atoms with Crippen molar-refractivity contribution in [2.75, 3.05) is 0 Å². The van der Waals surface area contributed by atoms with Crippen molar-refractivity contribution >= 4 is 0 Å². The molecule has 0 aliphatic heterocycles. The van der Waals surface area contributed by atoms with E-state index in [1.165, 1.54) is 6.42 Å². The van der Waals surface area contributed by atoms with Crippen molar-refractivity contribution in [1.82, 2.24) is 5.17 Å². The first-order valence-corrected chi connectivity index (χ1v) is 3.64. The van der Waals surface area contributed by atoms with E-state index in [1.54, 1.807) is 0 Å². The number of rotatable bonds is 2. The van der Waals surface area contributed by atoms with E-state index in [9.17, 15) is 10.1 Å². The Balaban J connectivity index is 0.000001000. The summed E-state index contributed by atoms with van der Waals surface area (Å²) in [5.41, 5.74) is 0. The van der Waals surface area contributed by atoms with Gasteiger partial charge in [0.1, 0.15) is 0 Å². The van der Waals surface area contributed by atoms with Crippen LogP contribution in [0.3, 0.4) is 0 Å². The summed E-state index contributed by atoms with van der Waals surface area (Å²) in [6.07, 6.45) is 4.95. The second kappa shape index (κ2) is 5.52. The van der Waals surface area contributed by atoms with E-state index in [0.717, 1.165) is 25.7 Å². The predicted molar refractivity (Wildman–Crippen MR) is 37.9 cm³/mol. The SMILES string of the molecule is O=NN([O-])C1CCCCC1.[Cu+2]. The molecule has 0 amide bonds. The normalized spacial score (nSPS) is 18.6. The largest absolute Gasteiger partial charge is 2.00 e. The van der Waals surface area contributed by atoms with Crippen LogP contribution in [0.5, 0.6) is 0 Å². The van der Waals surface area contributed by atoms with Gasteiger partial charge < -0.3 is 10.4 Å². The van der Waals surface area contributed by atoms with E-state index in [4.69, 9.17) is 0 Å². The maximum absolute atomic E-state index is 10.6. The number of hydroxylamine groups is 1. The second-order valence-corrected chi connectivity index (χ2v) is 2.68. The molecule has 1 rings (SSSR count). The van der Waals surface area contributed by atoms with Crippen molar-refractivity contribution in [2.45, 2.75) is 38.1 Å². The molecular formula is C6H11CuN2O2+. The van der Waals surface area contributed by atoms with Gasteiger partial charge in [-0.15, -0.1) is 4.91 Å². The van der Waals surface area contributed by atoms with E-state index in [2.05, 4.69) is 5.29 Å². The van der Waals surface area contributed by atoms with E-state index < -0.39 is 0 Å². The monoisotopic (exact) mass is 206 g/mol. The Morgan fingerprint density at radius 2 is 1.82 bits per heavy atom. The van der Waals surface area contributed by atoms with Gasteiger partial charge in [-0.05, 0) is 12.8 Å². The summed E-state index contributed by atoms with van der Waals surface area (Å²) in [6, 6.07) is -0.133. The van der Waals surface area contributed by atoms with Crippen LogP contribution in [0.1, 0.15) is 32.1 Å². The molecule has 1 aliphatic rings. The molecule has 5 heteroatoms. The van der Waals surface area contributed by atoms with Crippen molar-refractivity contribution in [3.8, 4) is 0 Å². The molecule has 1 aliphatic carbocycles. The smallest absolute Gasteiger partial charge is 0.739 e. The van der Waals surface area contributed by atoms with Crippen LogP contribution in [-0.2, 0) is 17.1 Å². The molecule has 0 heterocycles. The van der Waals surface area contributed by atoms with Crippen molar-refractivity contribution < 1.29 is 17.1 Å². The van der Waals surface area contributed by atoms with Crippen LogP contribution in [0.2, 0.25) is 0 Å². The minimum absolute atomic E-state index is 0. The van der Waals surface area contributed by atoms with E-state index in [0.29, 0.717) is 5.17 Å². The minimum Gasteiger partial charge on any atom is -0.739 e. The maximum atomic E-state index is 10.6. The summed E-state index contributed by atoms with van der Waals surface area (Å²) < 4.78 is 0. The minimum atomic E-state index is -0.133. The average Bonchev–Trinajstić information content (AvgIpc) is 2.05. The van der Waals surface area contributed by atoms with Gasteiger partial charge in [-0.2, -0.15) is 0 Å². The zero-order chi connectivity index (χ0) is 7.40. The van der Waals surface area contributed by atoms with Crippen LogP contribution < -0.4 is 0 Å². The Morgan fingerprint density at radius 1 is 1.27 bits per heavy atom. The van der Waals surface area contributed by atoms with Gasteiger partial charge in [0.05, 0.1) is 0 Å². The Bertz CT molecular complexity index is 117. The molecule has 0 unspecified atom stereocenters. The van der Waals surface area contributed by atoms with Gasteiger partial charge in [-0.25, -0.2) is 0 Å². The van der Waals surface area contributed by atoms with Crippen LogP contribution in [0.4, 0.5) is 0 Å². The Hall–Kier alpha value is -0.121. The zero-order valence-electron chi connectivity index (χ0n) is 6.13. The first kappa shape index (κ1) is 10.9. The fourth-order valence-electron chi connectivity index (χ4n) is 1.37. The summed E-state index contributed by atoms with van der Waals surface area (Å²) in [6.45, 7) is 0. The summed E-state index contributed by atoms with van der Waals surface area (Å²) in [5, 5.41) is 13.2. The van der Waals surface area contributed by atoms with Crippen molar-refractivity contribution in [3.05, 3.63) is 10.1 Å². The van der Waals surface area contributed by atoms with Gasteiger partial charge in [-0.1, -0.05) is 19.3 Å². The van der Waals surface area contributed by atoms with Crippen LogP contribution in [0, 0.1) is 10.1 Å². The third-order valence-corrected chi connectivity index (χ3v) is 1.97. The third-order valence-electron chi connectivity index (χ3n) is 1.97. The number of hydrogen-bond donors (Lipinski definition) is 0. The first-order valence-electron chi connectivity index (χ1n) is 3.64. The fourth-order valence-corrected chi connectivity index (χ4v) is 1.37. The molecule has 0 bridgehead atoms. The van der Waals surface area contributed by atoms with Crippen LogP contribution in [-0.4, -0.2) is 11.2 Å². The van der Waals surface area contributed by atoms with Crippen LogP contribution in [0.15, 0.2) is 5.29 Å². The number of nitroso groups, excluding NO2 is 1. The molecule has 1 saturated carbocycles. The third kappa shape index (κ3) is 3.18. The fraction of sp³-hybridized carbons (Fsp3) is 1.00. The molecule has 0 N–H and O–H groups in total. The van der Waals surface area contributed by atoms with Gasteiger partial charge in [0.25, 0.3) is 0 Å². The van der Waals surface area contributed by atoms with Gasteiger partial charge >= 0.3 is 17.1 Å².